The standard InChI is InChI=1S/C27H35N3O3/c1-16(2)24-21-12-19(18-8-10-30(11-9-18)20-14-33-15-20)6-7-23(21)28-25(24)22-13-29(4)27(31)26(32-5)17(22)3/h6-7,12-13,16,18,20,28H,8-11,14-15H2,1-5H3. The van der Waals surface area contributed by atoms with Crippen molar-refractivity contribution in [1.29, 1.82) is 0 Å². The van der Waals surface area contributed by atoms with E-state index in [0.717, 1.165) is 48.6 Å². The molecule has 3 aromatic rings. The number of hydrogen-bond donors (Lipinski definition) is 1. The van der Waals surface area contributed by atoms with Gasteiger partial charge in [-0.05, 0) is 68.0 Å². The summed E-state index contributed by atoms with van der Waals surface area (Å²) < 4.78 is 12.5. The van der Waals surface area contributed by atoms with Gasteiger partial charge in [0.25, 0.3) is 5.56 Å². The molecule has 33 heavy (non-hydrogen) atoms. The van der Waals surface area contributed by atoms with Crippen molar-refractivity contribution < 1.29 is 9.47 Å². The Labute approximate surface area is 195 Å². The molecule has 0 atom stereocenters. The summed E-state index contributed by atoms with van der Waals surface area (Å²) in [5, 5.41) is 1.29. The van der Waals surface area contributed by atoms with Gasteiger partial charge in [0.2, 0.25) is 0 Å². The van der Waals surface area contributed by atoms with E-state index in [1.165, 1.54) is 29.4 Å². The van der Waals surface area contributed by atoms with Gasteiger partial charge in [0.1, 0.15) is 0 Å². The maximum atomic E-state index is 12.5. The van der Waals surface area contributed by atoms with E-state index in [1.54, 1.807) is 18.7 Å². The van der Waals surface area contributed by atoms with Crippen molar-refractivity contribution >= 4 is 10.9 Å². The molecule has 2 aliphatic heterocycles. The molecule has 0 saturated carbocycles. The predicted octanol–water partition coefficient (Wildman–Crippen LogP) is 4.55. The van der Waals surface area contributed by atoms with E-state index in [-0.39, 0.29) is 5.56 Å². The molecule has 2 aliphatic rings. The molecule has 1 N–H and O–H groups in total. The second-order valence-corrected chi connectivity index (χ2v) is 9.99. The average molecular weight is 450 g/mol. The monoisotopic (exact) mass is 449 g/mol. The quantitative estimate of drug-likeness (QED) is 0.621. The minimum atomic E-state index is -0.108. The molecule has 5 rings (SSSR count). The Hall–Kier alpha value is -2.57. The molecular formula is C27H35N3O3. The van der Waals surface area contributed by atoms with Crippen LogP contribution in [0, 0.1) is 6.92 Å². The van der Waals surface area contributed by atoms with Crippen LogP contribution in [-0.2, 0) is 11.8 Å². The van der Waals surface area contributed by atoms with Crippen LogP contribution in [0.5, 0.6) is 5.75 Å². The fraction of sp³-hybridized carbons (Fsp3) is 0.519. The van der Waals surface area contributed by atoms with Crippen LogP contribution in [-0.4, -0.2) is 53.9 Å². The zero-order valence-electron chi connectivity index (χ0n) is 20.4. The SMILES string of the molecule is COc1c(C)c(-c2[nH]c3ccc(C4CCN(C5COC5)CC4)cc3c2C(C)C)cn(C)c1=O. The van der Waals surface area contributed by atoms with E-state index in [2.05, 4.69) is 41.9 Å². The highest BCUT2D eigenvalue weighted by atomic mass is 16.5. The number of ether oxygens (including phenoxy) is 2. The smallest absolute Gasteiger partial charge is 0.292 e. The van der Waals surface area contributed by atoms with Crippen molar-refractivity contribution in [2.24, 2.45) is 7.05 Å². The average Bonchev–Trinajstić information content (AvgIpc) is 3.15. The second-order valence-electron chi connectivity index (χ2n) is 9.99. The Morgan fingerprint density at radius 1 is 1.18 bits per heavy atom. The fourth-order valence-electron chi connectivity index (χ4n) is 5.61. The lowest BCUT2D eigenvalue weighted by Gasteiger charge is -2.41. The summed E-state index contributed by atoms with van der Waals surface area (Å²) in [5.74, 6) is 1.35. The molecule has 6 heteroatoms. The normalized spacial score (nSPS) is 18.2. The molecule has 1 aromatic carbocycles. The Morgan fingerprint density at radius 2 is 1.91 bits per heavy atom. The Bertz CT molecular complexity index is 1230. The van der Waals surface area contributed by atoms with Crippen LogP contribution in [0.3, 0.4) is 0 Å². The molecule has 0 radical (unpaired) electrons. The van der Waals surface area contributed by atoms with Crippen LogP contribution in [0.2, 0.25) is 0 Å². The molecule has 0 spiro atoms. The van der Waals surface area contributed by atoms with Crippen LogP contribution >= 0.6 is 0 Å². The summed E-state index contributed by atoms with van der Waals surface area (Å²) in [7, 11) is 3.35. The van der Waals surface area contributed by atoms with Crippen molar-refractivity contribution in [1.82, 2.24) is 14.5 Å². The number of piperidine rings is 1. The minimum Gasteiger partial charge on any atom is -0.491 e. The largest absolute Gasteiger partial charge is 0.491 e. The third kappa shape index (κ3) is 3.79. The van der Waals surface area contributed by atoms with Gasteiger partial charge in [-0.25, -0.2) is 0 Å². The first kappa shape index (κ1) is 22.2. The highest BCUT2D eigenvalue weighted by Gasteiger charge is 2.30. The van der Waals surface area contributed by atoms with Gasteiger partial charge in [-0.15, -0.1) is 0 Å². The number of rotatable bonds is 5. The number of hydrogen-bond acceptors (Lipinski definition) is 4. The number of H-pyrrole nitrogens is 1. The van der Waals surface area contributed by atoms with Gasteiger partial charge in [0, 0.05) is 35.3 Å². The zero-order valence-corrected chi connectivity index (χ0v) is 20.4. The van der Waals surface area contributed by atoms with Gasteiger partial charge >= 0.3 is 0 Å². The summed E-state index contributed by atoms with van der Waals surface area (Å²) in [6, 6.07) is 7.58. The van der Waals surface area contributed by atoms with E-state index in [9.17, 15) is 4.79 Å². The van der Waals surface area contributed by atoms with Crippen LogP contribution in [0.1, 0.15) is 55.2 Å². The van der Waals surface area contributed by atoms with Gasteiger partial charge < -0.3 is 19.0 Å². The Balaban J connectivity index is 1.54. The number of nitrogens with zero attached hydrogens (tertiary/aromatic N) is 2. The highest BCUT2D eigenvalue weighted by Crippen LogP contribution is 2.40. The van der Waals surface area contributed by atoms with E-state index in [1.807, 2.05) is 13.1 Å². The Kier molecular flexibility index (Phi) is 5.83. The number of fused-ring (bicyclic) bond motifs is 1. The highest BCUT2D eigenvalue weighted by molar-refractivity contribution is 5.92. The molecule has 0 amide bonds. The van der Waals surface area contributed by atoms with Gasteiger partial charge in [-0.3, -0.25) is 9.69 Å². The molecule has 0 bridgehead atoms. The van der Waals surface area contributed by atoms with Gasteiger partial charge in [0.05, 0.1) is 32.1 Å². The van der Waals surface area contributed by atoms with Crippen molar-refractivity contribution in [3.05, 3.63) is 51.4 Å². The number of aromatic amines is 1. The lowest BCUT2D eigenvalue weighted by atomic mass is 9.87. The van der Waals surface area contributed by atoms with Gasteiger partial charge in [0.15, 0.2) is 5.75 Å². The third-order valence-electron chi connectivity index (χ3n) is 7.63. The Morgan fingerprint density at radius 3 is 2.52 bits per heavy atom. The first-order valence-corrected chi connectivity index (χ1v) is 12.1. The molecule has 2 aromatic heterocycles. The topological polar surface area (TPSA) is 59.5 Å². The molecule has 0 unspecified atom stereocenters. The number of benzene rings is 1. The third-order valence-corrected chi connectivity index (χ3v) is 7.63. The summed E-state index contributed by atoms with van der Waals surface area (Å²) in [5.41, 5.74) is 6.77. The molecule has 2 saturated heterocycles. The van der Waals surface area contributed by atoms with E-state index in [4.69, 9.17) is 9.47 Å². The molecular weight excluding hydrogens is 414 g/mol. The van der Waals surface area contributed by atoms with Crippen LogP contribution in [0.15, 0.2) is 29.2 Å². The number of pyridine rings is 1. The lowest BCUT2D eigenvalue weighted by Crippen LogP contribution is -2.51. The van der Waals surface area contributed by atoms with Crippen LogP contribution in [0.4, 0.5) is 0 Å². The summed E-state index contributed by atoms with van der Waals surface area (Å²) in [6.45, 7) is 10.6. The number of aryl methyl sites for hydroxylation is 1. The van der Waals surface area contributed by atoms with E-state index >= 15 is 0 Å². The maximum absolute atomic E-state index is 12.5. The predicted molar refractivity (Wildman–Crippen MR) is 133 cm³/mol. The van der Waals surface area contributed by atoms with E-state index < -0.39 is 0 Å². The van der Waals surface area contributed by atoms with Gasteiger partial charge in [-0.2, -0.15) is 0 Å². The van der Waals surface area contributed by atoms with Crippen molar-refractivity contribution in [2.45, 2.75) is 51.5 Å². The van der Waals surface area contributed by atoms with Crippen LogP contribution in [0.25, 0.3) is 22.2 Å². The van der Waals surface area contributed by atoms with Crippen molar-refractivity contribution in [3.63, 3.8) is 0 Å². The van der Waals surface area contributed by atoms with Crippen molar-refractivity contribution in [3.8, 4) is 17.0 Å². The number of aromatic nitrogens is 2. The minimum absolute atomic E-state index is 0.108. The second kappa shape index (κ2) is 8.65. The molecule has 0 aliphatic carbocycles. The lowest BCUT2D eigenvalue weighted by molar-refractivity contribution is -0.0712. The molecule has 6 nitrogen and oxygen atoms in total. The fourth-order valence-corrected chi connectivity index (χ4v) is 5.61. The number of methoxy groups -OCH3 is 1. The zero-order chi connectivity index (χ0) is 23.3. The molecule has 4 heterocycles. The first-order chi connectivity index (χ1) is 15.9. The first-order valence-electron chi connectivity index (χ1n) is 12.1. The molecule has 2 fully saturated rings. The number of nitrogens with one attached hydrogen (secondary N) is 1. The summed E-state index contributed by atoms with van der Waals surface area (Å²) in [6.07, 6.45) is 4.33. The molecule has 176 valence electrons. The maximum Gasteiger partial charge on any atom is 0.292 e. The number of likely N-dealkylation sites (tertiary alicyclic amines) is 1. The summed E-state index contributed by atoms with van der Waals surface area (Å²) >= 11 is 0. The summed E-state index contributed by atoms with van der Waals surface area (Å²) in [4.78, 5) is 18.8. The van der Waals surface area contributed by atoms with E-state index in [0.29, 0.717) is 23.6 Å². The van der Waals surface area contributed by atoms with Gasteiger partial charge in [-0.1, -0.05) is 19.9 Å². The van der Waals surface area contributed by atoms with Crippen LogP contribution < -0.4 is 10.3 Å². The van der Waals surface area contributed by atoms with Crippen molar-refractivity contribution in [2.75, 3.05) is 33.4 Å².